The number of morpholine rings is 1. The molecule has 2 saturated heterocycles. The van der Waals surface area contributed by atoms with Crippen molar-refractivity contribution in [2.24, 2.45) is 5.92 Å². The maximum absolute atomic E-state index is 5.99. The van der Waals surface area contributed by atoms with Crippen LogP contribution < -0.4 is 10.6 Å². The number of aromatic nitrogens is 2. The Morgan fingerprint density at radius 1 is 1.14 bits per heavy atom. The average molecular weight is 304 g/mol. The molecule has 0 aromatic carbocycles. The molecule has 6 heteroatoms. The van der Waals surface area contributed by atoms with E-state index in [-0.39, 0.29) is 6.10 Å². The fraction of sp³-hybridized carbons (Fsp3) is 0.750. The molecule has 2 unspecified atom stereocenters. The third-order valence-electron chi connectivity index (χ3n) is 5.06. The maximum Gasteiger partial charge on any atom is 0.222 e. The number of ether oxygens (including phenoxy) is 2. The summed E-state index contributed by atoms with van der Waals surface area (Å²) in [5, 5.41) is 0. The van der Waals surface area contributed by atoms with E-state index in [0.29, 0.717) is 11.9 Å². The van der Waals surface area contributed by atoms with Crippen LogP contribution in [-0.4, -0.2) is 49.0 Å². The molecule has 0 amide bonds. The van der Waals surface area contributed by atoms with Gasteiger partial charge in [0.2, 0.25) is 5.95 Å². The molecule has 3 aliphatic rings. The van der Waals surface area contributed by atoms with Gasteiger partial charge >= 0.3 is 0 Å². The molecule has 1 aromatic rings. The lowest BCUT2D eigenvalue weighted by Gasteiger charge is -2.37. The van der Waals surface area contributed by atoms with Crippen molar-refractivity contribution in [1.82, 2.24) is 9.97 Å². The molecular weight excluding hydrogens is 280 g/mol. The maximum atomic E-state index is 5.99. The second kappa shape index (κ2) is 6.01. The van der Waals surface area contributed by atoms with E-state index < -0.39 is 0 Å². The smallest absolute Gasteiger partial charge is 0.222 e. The third kappa shape index (κ3) is 2.65. The van der Waals surface area contributed by atoms with Crippen molar-refractivity contribution in [3.05, 3.63) is 11.3 Å². The van der Waals surface area contributed by atoms with Crippen molar-refractivity contribution in [1.29, 1.82) is 0 Å². The van der Waals surface area contributed by atoms with Crippen molar-refractivity contribution in [3.8, 4) is 0 Å². The van der Waals surface area contributed by atoms with Crippen molar-refractivity contribution in [2.45, 2.75) is 38.2 Å². The first-order chi connectivity index (χ1) is 10.8. The highest BCUT2D eigenvalue weighted by atomic mass is 16.5. The van der Waals surface area contributed by atoms with E-state index in [4.69, 9.17) is 15.2 Å². The first kappa shape index (κ1) is 14.2. The van der Waals surface area contributed by atoms with E-state index in [0.717, 1.165) is 63.7 Å². The number of nitrogens with zero attached hydrogens (tertiary/aromatic N) is 3. The van der Waals surface area contributed by atoms with Crippen molar-refractivity contribution < 1.29 is 9.47 Å². The minimum atomic E-state index is 0.242. The summed E-state index contributed by atoms with van der Waals surface area (Å²) >= 11 is 0. The Bertz CT molecular complexity index is 545. The molecule has 22 heavy (non-hydrogen) atoms. The van der Waals surface area contributed by atoms with Gasteiger partial charge in [-0.15, -0.1) is 0 Å². The van der Waals surface area contributed by atoms with Gasteiger partial charge < -0.3 is 20.1 Å². The predicted octanol–water partition coefficient (Wildman–Crippen LogP) is 1.18. The molecule has 2 N–H and O–H groups in total. The molecule has 0 saturated carbocycles. The van der Waals surface area contributed by atoms with Gasteiger partial charge in [-0.05, 0) is 32.1 Å². The summed E-state index contributed by atoms with van der Waals surface area (Å²) in [6, 6.07) is 0. The Hall–Kier alpha value is -1.40. The minimum absolute atomic E-state index is 0.242. The number of nitrogen functional groups attached to an aromatic ring is 1. The van der Waals surface area contributed by atoms with E-state index >= 15 is 0 Å². The standard InChI is InChI=1S/C16H24N4O2/c17-16-18-13-4-2-1-3-12(13)15(19-16)20-6-8-22-14(9-20)11-5-7-21-10-11/h11,14H,1-10H2,(H2,17,18,19). The number of nitrogens with two attached hydrogens (primary N) is 1. The molecule has 2 fully saturated rings. The van der Waals surface area contributed by atoms with Crippen LogP contribution in [0.3, 0.4) is 0 Å². The Morgan fingerprint density at radius 2 is 2.05 bits per heavy atom. The highest BCUT2D eigenvalue weighted by Gasteiger charge is 2.32. The van der Waals surface area contributed by atoms with Crippen LogP contribution in [0.15, 0.2) is 0 Å². The van der Waals surface area contributed by atoms with Crippen molar-refractivity contribution in [3.63, 3.8) is 0 Å². The summed E-state index contributed by atoms with van der Waals surface area (Å²) in [6.45, 7) is 4.20. The molecule has 0 radical (unpaired) electrons. The summed E-state index contributed by atoms with van der Waals surface area (Å²) in [5.74, 6) is 1.97. The van der Waals surface area contributed by atoms with E-state index in [1.54, 1.807) is 0 Å². The van der Waals surface area contributed by atoms with Crippen LogP contribution in [0, 0.1) is 5.92 Å². The largest absolute Gasteiger partial charge is 0.381 e. The molecule has 1 aromatic heterocycles. The predicted molar refractivity (Wildman–Crippen MR) is 84.0 cm³/mol. The van der Waals surface area contributed by atoms with E-state index in [9.17, 15) is 0 Å². The third-order valence-corrected chi connectivity index (χ3v) is 5.06. The Balaban J connectivity index is 1.59. The average Bonchev–Trinajstić information content (AvgIpc) is 3.09. The number of hydrogen-bond donors (Lipinski definition) is 1. The van der Waals surface area contributed by atoms with Gasteiger partial charge in [0.05, 0.1) is 25.0 Å². The van der Waals surface area contributed by atoms with E-state index in [2.05, 4.69) is 14.9 Å². The van der Waals surface area contributed by atoms with Gasteiger partial charge in [-0.2, -0.15) is 4.98 Å². The van der Waals surface area contributed by atoms with Crippen LogP contribution in [0.4, 0.5) is 11.8 Å². The molecule has 0 spiro atoms. The molecule has 6 nitrogen and oxygen atoms in total. The van der Waals surface area contributed by atoms with E-state index in [1.807, 2.05) is 0 Å². The second-order valence-electron chi connectivity index (χ2n) is 6.52. The monoisotopic (exact) mass is 304 g/mol. The van der Waals surface area contributed by atoms with Crippen LogP contribution in [0.5, 0.6) is 0 Å². The zero-order valence-electron chi connectivity index (χ0n) is 13.0. The van der Waals surface area contributed by atoms with Gasteiger partial charge in [-0.25, -0.2) is 4.98 Å². The van der Waals surface area contributed by atoms with Crippen LogP contribution in [0.2, 0.25) is 0 Å². The summed E-state index contributed by atoms with van der Waals surface area (Å²) in [7, 11) is 0. The lowest BCUT2D eigenvalue weighted by molar-refractivity contribution is -0.00151. The summed E-state index contributed by atoms with van der Waals surface area (Å²) in [6.07, 6.45) is 5.86. The first-order valence-electron chi connectivity index (χ1n) is 8.41. The fourth-order valence-electron chi connectivity index (χ4n) is 3.85. The highest BCUT2D eigenvalue weighted by molar-refractivity contribution is 5.53. The topological polar surface area (TPSA) is 73.5 Å². The summed E-state index contributed by atoms with van der Waals surface area (Å²) in [4.78, 5) is 11.4. The Labute approximate surface area is 131 Å². The minimum Gasteiger partial charge on any atom is -0.381 e. The number of anilines is 2. The Morgan fingerprint density at radius 3 is 2.91 bits per heavy atom. The number of rotatable bonds is 2. The zero-order chi connectivity index (χ0) is 14.9. The molecule has 2 atom stereocenters. The quantitative estimate of drug-likeness (QED) is 0.884. The zero-order valence-corrected chi connectivity index (χ0v) is 13.0. The van der Waals surface area contributed by atoms with Crippen LogP contribution in [0.1, 0.15) is 30.5 Å². The van der Waals surface area contributed by atoms with Crippen molar-refractivity contribution in [2.75, 3.05) is 43.5 Å². The number of fused-ring (bicyclic) bond motifs is 1. The van der Waals surface area contributed by atoms with Crippen LogP contribution in [-0.2, 0) is 22.3 Å². The molecule has 0 bridgehead atoms. The molecule has 3 heterocycles. The lowest BCUT2D eigenvalue weighted by Crippen LogP contribution is -2.47. The van der Waals surface area contributed by atoms with Gasteiger partial charge in [0.1, 0.15) is 5.82 Å². The van der Waals surface area contributed by atoms with Crippen LogP contribution in [0.25, 0.3) is 0 Å². The normalized spacial score (nSPS) is 28.6. The molecule has 1 aliphatic carbocycles. The Kier molecular flexibility index (Phi) is 3.88. The van der Waals surface area contributed by atoms with Crippen molar-refractivity contribution >= 4 is 11.8 Å². The first-order valence-corrected chi connectivity index (χ1v) is 8.41. The number of hydrogen-bond acceptors (Lipinski definition) is 6. The van der Waals surface area contributed by atoms with Gasteiger partial charge in [-0.1, -0.05) is 0 Å². The fourth-order valence-corrected chi connectivity index (χ4v) is 3.85. The SMILES string of the molecule is Nc1nc2c(c(N3CCOC(C4CCOC4)C3)n1)CCCC2. The summed E-state index contributed by atoms with van der Waals surface area (Å²) in [5.41, 5.74) is 8.41. The molecule has 120 valence electrons. The van der Waals surface area contributed by atoms with E-state index in [1.165, 1.54) is 18.4 Å². The summed E-state index contributed by atoms with van der Waals surface area (Å²) < 4.78 is 11.5. The molecule has 4 rings (SSSR count). The van der Waals surface area contributed by atoms with Crippen LogP contribution >= 0.6 is 0 Å². The van der Waals surface area contributed by atoms with Gasteiger partial charge in [0, 0.05) is 31.2 Å². The highest BCUT2D eigenvalue weighted by Crippen LogP contribution is 2.31. The number of aryl methyl sites for hydroxylation is 1. The second-order valence-corrected chi connectivity index (χ2v) is 6.52. The van der Waals surface area contributed by atoms with Gasteiger partial charge in [-0.3, -0.25) is 0 Å². The van der Waals surface area contributed by atoms with Gasteiger partial charge in [0.25, 0.3) is 0 Å². The molecule has 2 aliphatic heterocycles. The lowest BCUT2D eigenvalue weighted by atomic mass is 9.95. The van der Waals surface area contributed by atoms with Gasteiger partial charge in [0.15, 0.2) is 0 Å². The molecular formula is C16H24N4O2.